The first-order valence-electron chi connectivity index (χ1n) is 6.72. The van der Waals surface area contributed by atoms with Crippen LogP contribution in [0.25, 0.3) is 0 Å². The smallest absolute Gasteiger partial charge is 0.326 e. The standard InChI is InChI=1S/C12H22N2O8/c1-5(17)13-8-6(18)2-12(4-16,11(21)22)14-9(8)10(20)7(19)3-15/h6-10,14-16,18-20H,2-4H2,1H3,(H,13,17)(H,21,22)/t6-,7+,8+,9+,10+,12-/m0/s1. The molecule has 10 nitrogen and oxygen atoms in total. The molecule has 0 radical (unpaired) electrons. The lowest BCUT2D eigenvalue weighted by Gasteiger charge is -2.47. The second kappa shape index (κ2) is 7.31. The average Bonchev–Trinajstić information content (AvgIpc) is 2.46. The van der Waals surface area contributed by atoms with Gasteiger partial charge in [-0.3, -0.25) is 14.9 Å². The van der Waals surface area contributed by atoms with E-state index in [2.05, 4.69) is 10.6 Å². The van der Waals surface area contributed by atoms with Crippen LogP contribution in [-0.4, -0.2) is 91.7 Å². The number of nitrogens with one attached hydrogen (secondary N) is 2. The predicted octanol–water partition coefficient (Wildman–Crippen LogP) is -4.26. The number of carboxylic acids is 1. The topological polar surface area (TPSA) is 180 Å². The highest BCUT2D eigenvalue weighted by atomic mass is 16.4. The van der Waals surface area contributed by atoms with Crippen molar-refractivity contribution in [2.75, 3.05) is 13.2 Å². The van der Waals surface area contributed by atoms with Gasteiger partial charge in [-0.1, -0.05) is 0 Å². The summed E-state index contributed by atoms with van der Waals surface area (Å²) in [5, 5.41) is 62.1. The number of rotatable bonds is 6. The van der Waals surface area contributed by atoms with Crippen LogP contribution in [0.15, 0.2) is 0 Å². The second-order valence-corrected chi connectivity index (χ2v) is 5.45. The molecule has 0 bridgehead atoms. The van der Waals surface area contributed by atoms with Crippen LogP contribution in [0.4, 0.5) is 0 Å². The Labute approximate surface area is 126 Å². The molecule has 22 heavy (non-hydrogen) atoms. The third-order valence-corrected chi connectivity index (χ3v) is 3.80. The van der Waals surface area contributed by atoms with Gasteiger partial charge in [-0.05, 0) is 0 Å². The van der Waals surface area contributed by atoms with E-state index in [4.69, 9.17) is 5.11 Å². The summed E-state index contributed by atoms with van der Waals surface area (Å²) in [4.78, 5) is 22.6. The quantitative estimate of drug-likeness (QED) is 0.240. The van der Waals surface area contributed by atoms with E-state index in [1.807, 2.05) is 0 Å². The van der Waals surface area contributed by atoms with Gasteiger partial charge in [0, 0.05) is 13.3 Å². The fraction of sp³-hybridized carbons (Fsp3) is 0.833. The number of aliphatic hydroxyl groups excluding tert-OH is 5. The van der Waals surface area contributed by atoms with E-state index in [1.165, 1.54) is 6.92 Å². The van der Waals surface area contributed by atoms with Gasteiger partial charge in [0.2, 0.25) is 5.91 Å². The molecule has 0 aromatic heterocycles. The molecule has 1 amide bonds. The lowest BCUT2D eigenvalue weighted by molar-refractivity contribution is -0.155. The van der Waals surface area contributed by atoms with Crippen LogP contribution in [0.3, 0.4) is 0 Å². The molecule has 1 aliphatic rings. The molecule has 1 aliphatic heterocycles. The highest BCUT2D eigenvalue weighted by Crippen LogP contribution is 2.26. The SMILES string of the molecule is CC(=O)N[C@H]1[C@H]([C@H](O)[C@H](O)CO)N[C@@](CO)(C(=O)O)C[C@@H]1O. The maximum Gasteiger partial charge on any atom is 0.326 e. The van der Waals surface area contributed by atoms with Gasteiger partial charge in [-0.25, -0.2) is 0 Å². The summed E-state index contributed by atoms with van der Waals surface area (Å²) >= 11 is 0. The van der Waals surface area contributed by atoms with Crippen molar-refractivity contribution in [3.8, 4) is 0 Å². The molecule has 1 fully saturated rings. The van der Waals surface area contributed by atoms with Gasteiger partial charge in [-0.15, -0.1) is 0 Å². The van der Waals surface area contributed by atoms with Gasteiger partial charge in [0.1, 0.15) is 11.6 Å². The van der Waals surface area contributed by atoms with Crippen molar-refractivity contribution < 1.29 is 40.2 Å². The molecule has 10 heteroatoms. The van der Waals surface area contributed by atoms with Crippen LogP contribution in [-0.2, 0) is 9.59 Å². The van der Waals surface area contributed by atoms with E-state index in [1.54, 1.807) is 0 Å². The van der Waals surface area contributed by atoms with E-state index in [0.717, 1.165) is 0 Å². The Morgan fingerprint density at radius 1 is 1.36 bits per heavy atom. The maximum atomic E-state index is 11.4. The average molecular weight is 322 g/mol. The molecule has 128 valence electrons. The Morgan fingerprint density at radius 3 is 2.36 bits per heavy atom. The summed E-state index contributed by atoms with van der Waals surface area (Å²) in [6.45, 7) is -0.504. The number of aliphatic hydroxyl groups is 5. The van der Waals surface area contributed by atoms with Crippen molar-refractivity contribution in [3.63, 3.8) is 0 Å². The highest BCUT2D eigenvalue weighted by Gasteiger charge is 2.52. The molecule has 6 atom stereocenters. The van der Waals surface area contributed by atoms with Crippen molar-refractivity contribution in [3.05, 3.63) is 0 Å². The number of carbonyl (C=O) groups is 2. The lowest BCUT2D eigenvalue weighted by atomic mass is 9.79. The summed E-state index contributed by atoms with van der Waals surface area (Å²) in [7, 11) is 0. The molecule has 8 N–H and O–H groups in total. The summed E-state index contributed by atoms with van der Waals surface area (Å²) in [5.74, 6) is -1.99. The van der Waals surface area contributed by atoms with Crippen molar-refractivity contribution in [2.24, 2.45) is 0 Å². The number of hydrogen-bond donors (Lipinski definition) is 8. The third-order valence-electron chi connectivity index (χ3n) is 3.80. The van der Waals surface area contributed by atoms with Crippen LogP contribution in [0, 0.1) is 0 Å². The van der Waals surface area contributed by atoms with E-state index in [0.29, 0.717) is 0 Å². The minimum absolute atomic E-state index is 0.414. The van der Waals surface area contributed by atoms with Gasteiger partial charge in [0.25, 0.3) is 0 Å². The minimum atomic E-state index is -1.94. The summed E-state index contributed by atoms with van der Waals surface area (Å²) in [5.41, 5.74) is -1.94. The number of carboxylic acid groups (broad SMARTS) is 1. The number of piperidine rings is 1. The second-order valence-electron chi connectivity index (χ2n) is 5.45. The molecule has 1 rings (SSSR count). The fourth-order valence-electron chi connectivity index (χ4n) is 2.58. The number of amides is 1. The van der Waals surface area contributed by atoms with E-state index >= 15 is 0 Å². The largest absolute Gasteiger partial charge is 0.480 e. The predicted molar refractivity (Wildman–Crippen MR) is 71.7 cm³/mol. The molecule has 0 aromatic carbocycles. The maximum absolute atomic E-state index is 11.4. The summed E-state index contributed by atoms with van der Waals surface area (Å²) in [6.07, 6.45) is -5.10. The molecule has 0 spiro atoms. The van der Waals surface area contributed by atoms with Crippen LogP contribution >= 0.6 is 0 Å². The van der Waals surface area contributed by atoms with E-state index in [9.17, 15) is 35.1 Å². The van der Waals surface area contributed by atoms with Crippen molar-refractivity contribution in [1.29, 1.82) is 0 Å². The number of carbonyl (C=O) groups excluding carboxylic acids is 1. The van der Waals surface area contributed by atoms with Crippen LogP contribution in [0.2, 0.25) is 0 Å². The molecule has 0 aromatic rings. The molecule has 0 aliphatic carbocycles. The zero-order chi connectivity index (χ0) is 17.1. The summed E-state index contributed by atoms with van der Waals surface area (Å²) < 4.78 is 0. The van der Waals surface area contributed by atoms with Crippen molar-refractivity contribution in [2.45, 2.75) is 49.3 Å². The molecule has 0 saturated carbocycles. The first kappa shape index (κ1) is 18.7. The van der Waals surface area contributed by atoms with E-state index in [-0.39, 0.29) is 0 Å². The first-order valence-corrected chi connectivity index (χ1v) is 6.72. The zero-order valence-electron chi connectivity index (χ0n) is 12.0. The van der Waals surface area contributed by atoms with Gasteiger partial charge in [0.05, 0.1) is 37.5 Å². The Bertz CT molecular complexity index is 420. The minimum Gasteiger partial charge on any atom is -0.480 e. The van der Waals surface area contributed by atoms with Crippen LogP contribution in [0.5, 0.6) is 0 Å². The van der Waals surface area contributed by atoms with Gasteiger partial charge < -0.3 is 36.0 Å². The van der Waals surface area contributed by atoms with Crippen LogP contribution < -0.4 is 10.6 Å². The first-order chi connectivity index (χ1) is 10.2. The van der Waals surface area contributed by atoms with Gasteiger partial charge >= 0.3 is 5.97 Å². The molecular weight excluding hydrogens is 300 g/mol. The molecule has 0 unspecified atom stereocenters. The van der Waals surface area contributed by atoms with E-state index < -0.39 is 67.4 Å². The Balaban J connectivity index is 3.14. The Hall–Kier alpha value is -1.30. The van der Waals surface area contributed by atoms with Gasteiger partial charge in [-0.2, -0.15) is 0 Å². The number of hydrogen-bond acceptors (Lipinski definition) is 8. The highest BCUT2D eigenvalue weighted by molar-refractivity contribution is 5.79. The molecule has 1 saturated heterocycles. The van der Waals surface area contributed by atoms with Crippen LogP contribution in [0.1, 0.15) is 13.3 Å². The lowest BCUT2D eigenvalue weighted by Crippen LogP contribution is -2.75. The van der Waals surface area contributed by atoms with Crippen molar-refractivity contribution in [1.82, 2.24) is 10.6 Å². The normalized spacial score (nSPS) is 34.7. The number of aliphatic carboxylic acids is 1. The zero-order valence-corrected chi connectivity index (χ0v) is 12.0. The Kier molecular flexibility index (Phi) is 6.23. The molecular formula is C12H22N2O8. The summed E-state index contributed by atoms with van der Waals surface area (Å²) in [6, 6.07) is -2.40. The monoisotopic (exact) mass is 322 g/mol. The third kappa shape index (κ3) is 3.72. The molecule has 1 heterocycles. The Morgan fingerprint density at radius 2 is 1.95 bits per heavy atom. The fourth-order valence-corrected chi connectivity index (χ4v) is 2.58. The van der Waals surface area contributed by atoms with Crippen molar-refractivity contribution >= 4 is 11.9 Å². The van der Waals surface area contributed by atoms with Gasteiger partial charge in [0.15, 0.2) is 0 Å².